The van der Waals surface area contributed by atoms with Gasteiger partial charge in [-0.25, -0.2) is 4.39 Å². The molecule has 0 saturated heterocycles. The van der Waals surface area contributed by atoms with Gasteiger partial charge in [-0.15, -0.1) is 0 Å². The molecule has 1 N–H and O–H groups in total. The van der Waals surface area contributed by atoms with Crippen LogP contribution in [0, 0.1) is 19.7 Å². The number of rotatable bonds is 4. The van der Waals surface area contributed by atoms with Crippen LogP contribution < -0.4 is 5.32 Å². The normalized spacial score (nSPS) is 10.6. The lowest BCUT2D eigenvalue weighted by Gasteiger charge is -2.10. The standard InChI is InChI=1S/C20H19FN2O/c1-14-12-16(15(2)23(14)17-8-4-3-5-9-17)13-22-20(24)18-10-6-7-11-19(18)21/h3-12H,13H2,1-2H3,(H,22,24). The summed E-state index contributed by atoms with van der Waals surface area (Å²) in [5.41, 5.74) is 4.32. The quantitative estimate of drug-likeness (QED) is 0.769. The Bertz CT molecular complexity index is 869. The van der Waals surface area contributed by atoms with Crippen LogP contribution in [0.4, 0.5) is 4.39 Å². The molecule has 0 saturated carbocycles. The zero-order chi connectivity index (χ0) is 17.1. The zero-order valence-electron chi connectivity index (χ0n) is 13.7. The molecule has 4 heteroatoms. The van der Waals surface area contributed by atoms with E-state index in [0.29, 0.717) is 6.54 Å². The number of benzene rings is 2. The highest BCUT2D eigenvalue weighted by Crippen LogP contribution is 2.20. The number of hydrogen-bond acceptors (Lipinski definition) is 1. The summed E-state index contributed by atoms with van der Waals surface area (Å²) in [6, 6.07) is 18.1. The molecule has 0 unspecified atom stereocenters. The van der Waals surface area contributed by atoms with Crippen molar-refractivity contribution in [3.05, 3.63) is 89.0 Å². The minimum absolute atomic E-state index is 0.0642. The Morgan fingerprint density at radius 2 is 1.71 bits per heavy atom. The Morgan fingerprint density at radius 3 is 2.42 bits per heavy atom. The van der Waals surface area contributed by atoms with E-state index >= 15 is 0 Å². The second-order valence-corrected chi connectivity index (χ2v) is 5.73. The Morgan fingerprint density at radius 1 is 1.04 bits per heavy atom. The molecule has 122 valence electrons. The lowest BCUT2D eigenvalue weighted by molar-refractivity contribution is 0.0947. The number of carbonyl (C=O) groups excluding carboxylic acids is 1. The third kappa shape index (κ3) is 3.08. The van der Waals surface area contributed by atoms with E-state index in [9.17, 15) is 9.18 Å². The molecule has 3 nitrogen and oxygen atoms in total. The molecule has 1 aromatic heterocycles. The van der Waals surface area contributed by atoms with Crippen molar-refractivity contribution in [1.82, 2.24) is 9.88 Å². The van der Waals surface area contributed by atoms with Crippen LogP contribution in [0.1, 0.15) is 27.3 Å². The van der Waals surface area contributed by atoms with Crippen molar-refractivity contribution in [1.29, 1.82) is 0 Å². The summed E-state index contributed by atoms with van der Waals surface area (Å²) in [6.45, 7) is 4.41. The highest BCUT2D eigenvalue weighted by atomic mass is 19.1. The SMILES string of the molecule is Cc1cc(CNC(=O)c2ccccc2F)c(C)n1-c1ccccc1. The molecule has 0 radical (unpaired) electrons. The van der Waals surface area contributed by atoms with E-state index in [-0.39, 0.29) is 5.56 Å². The zero-order valence-corrected chi connectivity index (χ0v) is 13.7. The van der Waals surface area contributed by atoms with Crippen molar-refractivity contribution in [3.63, 3.8) is 0 Å². The fraction of sp³-hybridized carbons (Fsp3) is 0.150. The maximum atomic E-state index is 13.7. The Hall–Kier alpha value is -2.88. The summed E-state index contributed by atoms with van der Waals surface area (Å²) in [7, 11) is 0. The first kappa shape index (κ1) is 16.0. The fourth-order valence-electron chi connectivity index (χ4n) is 2.90. The van der Waals surface area contributed by atoms with Gasteiger partial charge in [0.2, 0.25) is 0 Å². The van der Waals surface area contributed by atoms with Crippen molar-refractivity contribution >= 4 is 5.91 Å². The third-order valence-corrected chi connectivity index (χ3v) is 4.11. The fourth-order valence-corrected chi connectivity index (χ4v) is 2.90. The average Bonchev–Trinajstić information content (AvgIpc) is 2.87. The highest BCUT2D eigenvalue weighted by Gasteiger charge is 2.14. The minimum atomic E-state index is -0.509. The minimum Gasteiger partial charge on any atom is -0.348 e. The van der Waals surface area contributed by atoms with Crippen LogP contribution >= 0.6 is 0 Å². The van der Waals surface area contributed by atoms with Gasteiger partial charge in [-0.3, -0.25) is 4.79 Å². The van der Waals surface area contributed by atoms with Crippen LogP contribution in [0.5, 0.6) is 0 Å². The molecule has 0 atom stereocenters. The number of hydrogen-bond donors (Lipinski definition) is 1. The number of nitrogens with one attached hydrogen (secondary N) is 1. The first-order valence-corrected chi connectivity index (χ1v) is 7.84. The van der Waals surface area contributed by atoms with E-state index in [1.165, 1.54) is 12.1 Å². The molecule has 1 heterocycles. The Balaban J connectivity index is 1.80. The van der Waals surface area contributed by atoms with Crippen LogP contribution in [-0.2, 0) is 6.54 Å². The van der Waals surface area contributed by atoms with E-state index in [0.717, 1.165) is 22.6 Å². The second-order valence-electron chi connectivity index (χ2n) is 5.73. The molecule has 3 rings (SSSR count). The van der Waals surface area contributed by atoms with Gasteiger partial charge < -0.3 is 9.88 Å². The third-order valence-electron chi connectivity index (χ3n) is 4.11. The van der Waals surface area contributed by atoms with Crippen molar-refractivity contribution in [2.45, 2.75) is 20.4 Å². The van der Waals surface area contributed by atoms with Crippen LogP contribution in [0.3, 0.4) is 0 Å². The molecular formula is C20H19FN2O. The van der Waals surface area contributed by atoms with Crippen molar-refractivity contribution < 1.29 is 9.18 Å². The first-order chi connectivity index (χ1) is 11.6. The molecular weight excluding hydrogens is 303 g/mol. The van der Waals surface area contributed by atoms with E-state index < -0.39 is 11.7 Å². The van der Waals surface area contributed by atoms with Gasteiger partial charge in [0.25, 0.3) is 5.91 Å². The number of aryl methyl sites for hydroxylation is 1. The number of halogens is 1. The van der Waals surface area contributed by atoms with Gasteiger partial charge in [-0.2, -0.15) is 0 Å². The highest BCUT2D eigenvalue weighted by molar-refractivity contribution is 5.94. The molecule has 0 bridgehead atoms. The van der Waals surface area contributed by atoms with Gasteiger partial charge in [0.15, 0.2) is 0 Å². The number of nitrogens with zero attached hydrogens (tertiary/aromatic N) is 1. The maximum absolute atomic E-state index is 13.7. The molecule has 2 aromatic carbocycles. The summed E-state index contributed by atoms with van der Waals surface area (Å²) in [6.07, 6.45) is 0. The molecule has 0 aliphatic rings. The van der Waals surface area contributed by atoms with Crippen molar-refractivity contribution in [3.8, 4) is 5.69 Å². The summed E-state index contributed by atoms with van der Waals surface area (Å²) < 4.78 is 15.8. The number of aromatic nitrogens is 1. The Kier molecular flexibility index (Phi) is 4.47. The van der Waals surface area contributed by atoms with Crippen LogP contribution in [0.2, 0.25) is 0 Å². The van der Waals surface area contributed by atoms with Gasteiger partial charge in [-0.1, -0.05) is 30.3 Å². The molecule has 0 spiro atoms. The summed E-state index contributed by atoms with van der Waals surface area (Å²) in [5, 5.41) is 2.80. The summed E-state index contributed by atoms with van der Waals surface area (Å²) >= 11 is 0. The molecule has 0 aliphatic heterocycles. The van der Waals surface area contributed by atoms with E-state index in [2.05, 4.69) is 9.88 Å². The monoisotopic (exact) mass is 322 g/mol. The summed E-state index contributed by atoms with van der Waals surface area (Å²) in [4.78, 5) is 12.2. The number of amides is 1. The van der Waals surface area contributed by atoms with Crippen LogP contribution in [-0.4, -0.2) is 10.5 Å². The summed E-state index contributed by atoms with van der Waals surface area (Å²) in [5.74, 6) is -0.914. The molecule has 24 heavy (non-hydrogen) atoms. The average molecular weight is 322 g/mol. The first-order valence-electron chi connectivity index (χ1n) is 7.84. The van der Waals surface area contributed by atoms with Crippen LogP contribution in [0.25, 0.3) is 5.69 Å². The molecule has 0 aliphatic carbocycles. The lowest BCUT2D eigenvalue weighted by atomic mass is 10.2. The van der Waals surface area contributed by atoms with Crippen molar-refractivity contribution in [2.75, 3.05) is 0 Å². The van der Waals surface area contributed by atoms with E-state index in [1.54, 1.807) is 12.1 Å². The van der Waals surface area contributed by atoms with Gasteiger partial charge in [0, 0.05) is 23.6 Å². The largest absolute Gasteiger partial charge is 0.348 e. The number of para-hydroxylation sites is 1. The molecule has 0 fully saturated rings. The van der Waals surface area contributed by atoms with Crippen LogP contribution in [0.15, 0.2) is 60.7 Å². The van der Waals surface area contributed by atoms with Gasteiger partial charge in [-0.05, 0) is 49.7 Å². The Labute approximate surface area is 140 Å². The maximum Gasteiger partial charge on any atom is 0.254 e. The van der Waals surface area contributed by atoms with E-state index in [4.69, 9.17) is 0 Å². The van der Waals surface area contributed by atoms with Gasteiger partial charge >= 0.3 is 0 Å². The predicted molar refractivity (Wildman–Crippen MR) is 92.8 cm³/mol. The van der Waals surface area contributed by atoms with E-state index in [1.807, 2.05) is 50.2 Å². The lowest BCUT2D eigenvalue weighted by Crippen LogP contribution is -2.24. The second kappa shape index (κ2) is 6.71. The smallest absolute Gasteiger partial charge is 0.254 e. The number of carbonyl (C=O) groups is 1. The van der Waals surface area contributed by atoms with Gasteiger partial charge in [0.05, 0.1) is 5.56 Å². The molecule has 1 amide bonds. The predicted octanol–water partition coefficient (Wildman–Crippen LogP) is 4.16. The van der Waals surface area contributed by atoms with Gasteiger partial charge in [0.1, 0.15) is 5.82 Å². The van der Waals surface area contributed by atoms with Crippen molar-refractivity contribution in [2.24, 2.45) is 0 Å². The molecule has 3 aromatic rings. The topological polar surface area (TPSA) is 34.0 Å².